The number of nitrogens with zero attached hydrogens (tertiary/aromatic N) is 1. The Hall–Kier alpha value is -1.62. The molecule has 1 N–H and O–H groups in total. The van der Waals surface area contributed by atoms with E-state index in [0.29, 0.717) is 30.5 Å². The number of ether oxygens (including phenoxy) is 1. The Labute approximate surface area is 130 Å². The summed E-state index contributed by atoms with van der Waals surface area (Å²) in [5, 5.41) is 0. The van der Waals surface area contributed by atoms with Crippen molar-refractivity contribution >= 4 is 5.91 Å². The lowest BCUT2D eigenvalue weighted by atomic mass is 9.93. The fraction of sp³-hybridized carbons (Fsp3) is 0.647. The minimum absolute atomic E-state index is 0.131. The first kappa shape index (κ1) is 15.3. The van der Waals surface area contributed by atoms with E-state index in [-0.39, 0.29) is 17.6 Å². The number of piperidine rings is 1. The first-order chi connectivity index (χ1) is 10.4. The van der Waals surface area contributed by atoms with Crippen LogP contribution in [0.2, 0.25) is 0 Å². The van der Waals surface area contributed by atoms with Gasteiger partial charge in [0.2, 0.25) is 0 Å². The van der Waals surface area contributed by atoms with E-state index < -0.39 is 0 Å². The molecule has 1 aliphatic carbocycles. The molecule has 1 aromatic heterocycles. The first-order valence-corrected chi connectivity index (χ1v) is 7.96. The van der Waals surface area contributed by atoms with Crippen molar-refractivity contribution in [2.24, 2.45) is 11.8 Å². The number of rotatable bonds is 2. The number of hydrogen-bond acceptors (Lipinski definition) is 3. The third kappa shape index (κ3) is 2.28. The number of aromatic amines is 1. The lowest BCUT2D eigenvalue weighted by molar-refractivity contribution is -0.0114. The van der Waals surface area contributed by atoms with Crippen LogP contribution in [0, 0.1) is 32.6 Å². The number of likely N-dealkylation sites (tertiary alicyclic amines) is 1. The molecule has 22 heavy (non-hydrogen) atoms. The van der Waals surface area contributed by atoms with Gasteiger partial charge in [-0.25, -0.2) is 0 Å². The van der Waals surface area contributed by atoms with Crippen molar-refractivity contribution in [3.05, 3.63) is 32.7 Å². The number of nitrogens with one attached hydrogen (secondary N) is 1. The summed E-state index contributed by atoms with van der Waals surface area (Å²) in [6.07, 6.45) is 2.48. The van der Waals surface area contributed by atoms with Gasteiger partial charge in [-0.05, 0) is 44.7 Å². The number of aryl methyl sites for hydroxylation is 1. The van der Waals surface area contributed by atoms with Crippen molar-refractivity contribution in [1.29, 1.82) is 0 Å². The Balaban J connectivity index is 1.91. The van der Waals surface area contributed by atoms with Gasteiger partial charge < -0.3 is 14.6 Å². The van der Waals surface area contributed by atoms with Crippen LogP contribution in [0.4, 0.5) is 0 Å². The summed E-state index contributed by atoms with van der Waals surface area (Å²) in [6.45, 7) is 7.06. The fourth-order valence-electron chi connectivity index (χ4n) is 4.10. The Bertz CT molecular complexity index is 651. The van der Waals surface area contributed by atoms with Crippen molar-refractivity contribution in [1.82, 2.24) is 9.88 Å². The topological polar surface area (TPSA) is 62.4 Å². The molecule has 2 aliphatic rings. The van der Waals surface area contributed by atoms with E-state index in [2.05, 4.69) is 4.98 Å². The minimum atomic E-state index is -0.271. The molecule has 120 valence electrons. The molecule has 0 radical (unpaired) electrons. The highest BCUT2D eigenvalue weighted by atomic mass is 16.5. The molecule has 2 heterocycles. The molecule has 1 aromatic rings. The van der Waals surface area contributed by atoms with E-state index in [4.69, 9.17) is 4.74 Å². The van der Waals surface area contributed by atoms with Gasteiger partial charge in [0.05, 0.1) is 6.10 Å². The molecular formula is C17H24N2O3. The number of amides is 1. The summed E-state index contributed by atoms with van der Waals surface area (Å²) >= 11 is 0. The Morgan fingerprint density at radius 2 is 1.73 bits per heavy atom. The van der Waals surface area contributed by atoms with Crippen LogP contribution < -0.4 is 5.56 Å². The van der Waals surface area contributed by atoms with Crippen LogP contribution in [-0.2, 0) is 4.74 Å². The number of fused-ring (bicyclic) bond motifs is 2. The van der Waals surface area contributed by atoms with Gasteiger partial charge >= 0.3 is 0 Å². The number of pyridine rings is 1. The number of aromatic nitrogens is 1. The lowest BCUT2D eigenvalue weighted by Crippen LogP contribution is -2.49. The molecule has 2 fully saturated rings. The zero-order valence-electron chi connectivity index (χ0n) is 13.7. The highest BCUT2D eigenvalue weighted by Crippen LogP contribution is 2.39. The summed E-state index contributed by atoms with van der Waals surface area (Å²) in [6, 6.07) is 0. The SMILES string of the molecule is COC1[C@@H]2CC[C@H]1CN(C(=O)c1c(C)c(C)c(C)[nH]c1=O)C2. The summed E-state index contributed by atoms with van der Waals surface area (Å²) in [5.74, 6) is 0.672. The Morgan fingerprint density at radius 3 is 2.27 bits per heavy atom. The minimum Gasteiger partial charge on any atom is -0.381 e. The van der Waals surface area contributed by atoms with Crippen LogP contribution in [-0.4, -0.2) is 42.1 Å². The van der Waals surface area contributed by atoms with Crippen molar-refractivity contribution in [3.63, 3.8) is 0 Å². The smallest absolute Gasteiger partial charge is 0.261 e. The van der Waals surface area contributed by atoms with Gasteiger partial charge in [0.25, 0.3) is 11.5 Å². The van der Waals surface area contributed by atoms with Gasteiger partial charge in [-0.1, -0.05) is 0 Å². The molecule has 1 saturated carbocycles. The van der Waals surface area contributed by atoms with Crippen molar-refractivity contribution in [3.8, 4) is 0 Å². The highest BCUT2D eigenvalue weighted by Gasteiger charge is 2.44. The number of H-pyrrole nitrogens is 1. The van der Waals surface area contributed by atoms with Crippen LogP contribution in [0.3, 0.4) is 0 Å². The fourth-order valence-corrected chi connectivity index (χ4v) is 4.10. The molecule has 1 amide bonds. The van der Waals surface area contributed by atoms with Gasteiger partial charge in [-0.2, -0.15) is 0 Å². The Kier molecular flexibility index (Phi) is 3.85. The monoisotopic (exact) mass is 304 g/mol. The quantitative estimate of drug-likeness (QED) is 0.906. The van der Waals surface area contributed by atoms with Gasteiger partial charge in [0, 0.05) is 37.7 Å². The average Bonchev–Trinajstić information content (AvgIpc) is 2.73. The second-order valence-corrected chi connectivity index (χ2v) is 6.71. The molecule has 1 aliphatic heterocycles. The molecule has 5 nitrogen and oxygen atoms in total. The maximum Gasteiger partial charge on any atom is 0.261 e. The zero-order chi connectivity index (χ0) is 16.0. The van der Waals surface area contributed by atoms with Gasteiger partial charge in [0.15, 0.2) is 0 Å². The van der Waals surface area contributed by atoms with Crippen molar-refractivity contribution in [2.45, 2.75) is 39.7 Å². The molecule has 3 rings (SSSR count). The summed E-state index contributed by atoms with van der Waals surface area (Å²) in [5.41, 5.74) is 2.65. The standard InChI is InChI=1S/C17H24N2O3/c1-9-10(2)14(16(20)18-11(9)3)17(21)19-7-12-5-6-13(8-19)15(12)22-4/h12-13,15H,5-8H2,1-4H3,(H,18,20)/t12-,13+,15?. The van der Waals surface area contributed by atoms with E-state index in [1.165, 1.54) is 0 Å². The third-order valence-electron chi connectivity index (χ3n) is 5.55. The van der Waals surface area contributed by atoms with Crippen LogP contribution in [0.15, 0.2) is 4.79 Å². The number of hydrogen-bond donors (Lipinski definition) is 1. The molecule has 1 unspecified atom stereocenters. The van der Waals surface area contributed by atoms with Gasteiger partial charge in [0.1, 0.15) is 5.56 Å². The summed E-state index contributed by atoms with van der Waals surface area (Å²) < 4.78 is 5.59. The molecule has 1 saturated heterocycles. The molecule has 3 atom stereocenters. The zero-order valence-corrected chi connectivity index (χ0v) is 13.7. The van der Waals surface area contributed by atoms with Gasteiger partial charge in [-0.3, -0.25) is 9.59 Å². The molecule has 0 aromatic carbocycles. The average molecular weight is 304 g/mol. The van der Waals surface area contributed by atoms with E-state index in [1.54, 1.807) is 7.11 Å². The van der Waals surface area contributed by atoms with E-state index in [1.807, 2.05) is 25.7 Å². The van der Waals surface area contributed by atoms with Crippen LogP contribution in [0.1, 0.15) is 40.0 Å². The van der Waals surface area contributed by atoms with E-state index >= 15 is 0 Å². The van der Waals surface area contributed by atoms with Crippen molar-refractivity contribution in [2.75, 3.05) is 20.2 Å². The number of carbonyl (C=O) groups excluding carboxylic acids is 1. The molecule has 2 bridgehead atoms. The van der Waals surface area contributed by atoms with Crippen LogP contribution >= 0.6 is 0 Å². The molecular weight excluding hydrogens is 280 g/mol. The molecule has 5 heteroatoms. The Morgan fingerprint density at radius 1 is 1.14 bits per heavy atom. The normalized spacial score (nSPS) is 27.3. The summed E-state index contributed by atoms with van der Waals surface area (Å²) in [7, 11) is 1.76. The summed E-state index contributed by atoms with van der Waals surface area (Å²) in [4.78, 5) is 29.8. The first-order valence-electron chi connectivity index (χ1n) is 7.96. The van der Waals surface area contributed by atoms with Crippen LogP contribution in [0.5, 0.6) is 0 Å². The van der Waals surface area contributed by atoms with Crippen molar-refractivity contribution < 1.29 is 9.53 Å². The van der Waals surface area contributed by atoms with Gasteiger partial charge in [-0.15, -0.1) is 0 Å². The highest BCUT2D eigenvalue weighted by molar-refractivity contribution is 5.95. The largest absolute Gasteiger partial charge is 0.381 e. The lowest BCUT2D eigenvalue weighted by Gasteiger charge is -2.37. The maximum atomic E-state index is 12.9. The number of carbonyl (C=O) groups is 1. The predicted octanol–water partition coefficient (Wildman–Crippen LogP) is 1.80. The third-order valence-corrected chi connectivity index (χ3v) is 5.55. The van der Waals surface area contributed by atoms with E-state index in [9.17, 15) is 9.59 Å². The maximum absolute atomic E-state index is 12.9. The van der Waals surface area contributed by atoms with Crippen LogP contribution in [0.25, 0.3) is 0 Å². The van der Waals surface area contributed by atoms with E-state index in [0.717, 1.165) is 29.7 Å². The number of methoxy groups -OCH3 is 1. The second kappa shape index (κ2) is 5.54. The second-order valence-electron chi connectivity index (χ2n) is 6.71. The predicted molar refractivity (Wildman–Crippen MR) is 84.2 cm³/mol. The molecule has 0 spiro atoms.